The number of rotatable bonds is 3. The summed E-state index contributed by atoms with van der Waals surface area (Å²) in [5.74, 6) is -0.361. The normalized spacial score (nSPS) is 17.0. The molecule has 0 saturated carbocycles. The lowest BCUT2D eigenvalue weighted by atomic mass is 9.82. The van der Waals surface area contributed by atoms with Gasteiger partial charge < -0.3 is 0 Å². The Kier molecular flexibility index (Phi) is 4.44. The van der Waals surface area contributed by atoms with Gasteiger partial charge in [-0.3, -0.25) is 4.79 Å². The Bertz CT molecular complexity index is 1400. The van der Waals surface area contributed by atoms with Crippen LogP contribution in [0.3, 0.4) is 0 Å². The van der Waals surface area contributed by atoms with Crippen LogP contribution in [0.5, 0.6) is 0 Å². The molecule has 5 heteroatoms. The predicted octanol–water partition coefficient (Wildman–Crippen LogP) is 3.57. The van der Waals surface area contributed by atoms with E-state index < -0.39 is 15.1 Å². The molecule has 1 unspecified atom stereocenters. The molecule has 3 aromatic rings. The zero-order valence-electron chi connectivity index (χ0n) is 16.1. The highest BCUT2D eigenvalue weighted by Crippen LogP contribution is 2.26. The molecule has 2 aliphatic rings. The van der Waals surface area contributed by atoms with Gasteiger partial charge in [-0.05, 0) is 64.1 Å². The third-order valence-electron chi connectivity index (χ3n) is 6.06. The molecule has 0 heterocycles. The number of fused-ring (bicyclic) bond motifs is 5. The topological polar surface area (TPSA) is 51.2 Å². The van der Waals surface area contributed by atoms with Crippen LogP contribution in [0.2, 0.25) is 0 Å². The molecule has 3 aromatic carbocycles. The molecular weight excluding hydrogens is 399 g/mol. The van der Waals surface area contributed by atoms with E-state index in [0.29, 0.717) is 12.0 Å². The monoisotopic (exact) mass is 418 g/mol. The van der Waals surface area contributed by atoms with E-state index in [-0.39, 0.29) is 11.7 Å². The van der Waals surface area contributed by atoms with E-state index in [4.69, 9.17) is 0 Å². The molecule has 3 nitrogen and oxygen atoms in total. The number of hydrogen-bond acceptors (Lipinski definition) is 3. The lowest BCUT2D eigenvalue weighted by Gasteiger charge is -2.21. The first-order chi connectivity index (χ1) is 14.4. The molecule has 2 aliphatic carbocycles. The van der Waals surface area contributed by atoms with Crippen LogP contribution in [0.25, 0.3) is 23.3 Å². The van der Waals surface area contributed by atoms with Crippen molar-refractivity contribution >= 4 is 28.2 Å². The van der Waals surface area contributed by atoms with Gasteiger partial charge in [0.2, 0.25) is 0 Å². The minimum Gasteiger partial charge on any atom is -0.294 e. The maximum Gasteiger partial charge on any atom is 0.332 e. The Morgan fingerprint density at radius 3 is 2.40 bits per heavy atom. The van der Waals surface area contributed by atoms with Crippen LogP contribution in [-0.2, 0) is 23.1 Å². The molecular formula is C25H19FO3S. The van der Waals surface area contributed by atoms with E-state index >= 15 is 0 Å². The number of aryl methyl sites for hydroxylation is 1. The van der Waals surface area contributed by atoms with Gasteiger partial charge in [0.05, 0.1) is 4.90 Å². The molecule has 150 valence electrons. The van der Waals surface area contributed by atoms with Gasteiger partial charge in [-0.1, -0.05) is 60.7 Å². The van der Waals surface area contributed by atoms with Crippen LogP contribution in [0.4, 0.5) is 3.89 Å². The molecule has 0 fully saturated rings. The van der Waals surface area contributed by atoms with E-state index in [9.17, 15) is 17.1 Å². The summed E-state index contributed by atoms with van der Waals surface area (Å²) >= 11 is 0. The zero-order valence-corrected chi connectivity index (χ0v) is 17.0. The lowest BCUT2D eigenvalue weighted by Crippen LogP contribution is -2.37. The summed E-state index contributed by atoms with van der Waals surface area (Å²) in [5, 5.41) is 2.30. The van der Waals surface area contributed by atoms with Gasteiger partial charge in [0, 0.05) is 11.5 Å². The summed E-state index contributed by atoms with van der Waals surface area (Å²) in [5.41, 5.74) is 5.37. The van der Waals surface area contributed by atoms with Gasteiger partial charge in [0.1, 0.15) is 0 Å². The maximum atomic E-state index is 13.1. The first-order valence-corrected chi connectivity index (χ1v) is 11.3. The van der Waals surface area contributed by atoms with Crippen molar-refractivity contribution in [2.45, 2.75) is 24.2 Å². The van der Waals surface area contributed by atoms with Crippen molar-refractivity contribution in [3.05, 3.63) is 87.8 Å². The fourth-order valence-corrected chi connectivity index (χ4v) is 4.98. The minimum absolute atomic E-state index is 0.0720. The number of Topliss-reactive ketones (excluding diaryl/α,β-unsaturated/α-hetero) is 1. The van der Waals surface area contributed by atoms with Crippen LogP contribution in [-0.4, -0.2) is 14.2 Å². The van der Waals surface area contributed by atoms with Crippen molar-refractivity contribution in [2.75, 3.05) is 0 Å². The third-order valence-corrected chi connectivity index (χ3v) is 6.90. The molecule has 0 saturated heterocycles. The molecule has 0 aromatic heterocycles. The second-order valence-corrected chi connectivity index (χ2v) is 9.15. The number of hydrogen-bond donors (Lipinski definition) is 0. The highest BCUT2D eigenvalue weighted by molar-refractivity contribution is 7.86. The Hall–Kier alpha value is -3.05. The summed E-state index contributed by atoms with van der Waals surface area (Å²) < 4.78 is 35.1. The van der Waals surface area contributed by atoms with Crippen LogP contribution in [0.1, 0.15) is 27.9 Å². The van der Waals surface area contributed by atoms with Crippen molar-refractivity contribution in [2.24, 2.45) is 5.92 Å². The summed E-state index contributed by atoms with van der Waals surface area (Å²) in [6.45, 7) is 0. The average molecular weight is 418 g/mol. The van der Waals surface area contributed by atoms with Crippen molar-refractivity contribution in [1.82, 2.24) is 0 Å². The number of benzene rings is 3. The Balaban J connectivity index is 1.56. The van der Waals surface area contributed by atoms with Gasteiger partial charge in [0.25, 0.3) is 0 Å². The fourth-order valence-electron chi connectivity index (χ4n) is 4.52. The predicted molar refractivity (Wildman–Crippen MR) is 115 cm³/mol. The van der Waals surface area contributed by atoms with Crippen LogP contribution >= 0.6 is 0 Å². The van der Waals surface area contributed by atoms with Gasteiger partial charge in [-0.25, -0.2) is 0 Å². The van der Waals surface area contributed by atoms with E-state index in [0.717, 1.165) is 30.2 Å². The van der Waals surface area contributed by atoms with Gasteiger partial charge in [-0.2, -0.15) is 8.42 Å². The highest BCUT2D eigenvalue weighted by atomic mass is 32.3. The molecule has 0 radical (unpaired) electrons. The van der Waals surface area contributed by atoms with E-state index in [1.165, 1.54) is 39.6 Å². The van der Waals surface area contributed by atoms with Crippen molar-refractivity contribution in [3.63, 3.8) is 0 Å². The molecule has 0 bridgehead atoms. The summed E-state index contributed by atoms with van der Waals surface area (Å²) in [4.78, 5) is 12.6. The number of carbonyl (C=O) groups is 1. The number of ketones is 1. The van der Waals surface area contributed by atoms with Gasteiger partial charge in [-0.15, -0.1) is 3.89 Å². The van der Waals surface area contributed by atoms with Gasteiger partial charge >= 0.3 is 10.2 Å². The van der Waals surface area contributed by atoms with Crippen molar-refractivity contribution in [3.8, 4) is 11.1 Å². The van der Waals surface area contributed by atoms with E-state index in [1.807, 2.05) is 12.1 Å². The van der Waals surface area contributed by atoms with Crippen LogP contribution < -0.4 is 10.4 Å². The van der Waals surface area contributed by atoms with E-state index in [1.54, 1.807) is 0 Å². The van der Waals surface area contributed by atoms with Crippen LogP contribution in [0, 0.1) is 5.92 Å². The maximum absolute atomic E-state index is 13.1. The molecule has 0 amide bonds. The summed E-state index contributed by atoms with van der Waals surface area (Å²) in [6, 6.07) is 17.8. The number of halogens is 1. The first-order valence-electron chi connectivity index (χ1n) is 9.93. The smallest absolute Gasteiger partial charge is 0.294 e. The minimum atomic E-state index is -4.77. The molecule has 30 heavy (non-hydrogen) atoms. The number of carbonyl (C=O) groups excluding carboxylic acids is 1. The van der Waals surface area contributed by atoms with Crippen molar-refractivity contribution in [1.29, 1.82) is 0 Å². The molecule has 0 aliphatic heterocycles. The van der Waals surface area contributed by atoms with Crippen LogP contribution in [0.15, 0.2) is 65.6 Å². The third kappa shape index (κ3) is 3.19. The Morgan fingerprint density at radius 1 is 0.867 bits per heavy atom. The Labute approximate surface area is 174 Å². The summed E-state index contributed by atoms with van der Waals surface area (Å²) in [7, 11) is -4.77. The quantitative estimate of drug-likeness (QED) is 0.483. The lowest BCUT2D eigenvalue weighted by molar-refractivity contribution is 0.0946. The largest absolute Gasteiger partial charge is 0.332 e. The zero-order chi connectivity index (χ0) is 20.9. The SMILES string of the molecule is O=C(c1ccc(S(=O)(=O)F)cc1)C1C=c2c(ccc3c2=CCc2ccccc2-3)CC1. The fraction of sp³-hybridized carbons (Fsp3) is 0.160. The molecule has 1 atom stereocenters. The highest BCUT2D eigenvalue weighted by Gasteiger charge is 2.23. The molecule has 0 spiro atoms. The molecule has 5 rings (SSSR count). The van der Waals surface area contributed by atoms with Crippen molar-refractivity contribution < 1.29 is 17.1 Å². The standard InChI is InChI=1S/C25H19FO3S/c26-30(28,29)20-11-7-18(8-12-20)25(27)19-6-5-17-10-13-22-21-4-2-1-3-16(21)9-14-23(22)24(17)15-19/h1-4,7-8,10-15,19H,5-6,9H2. The van der Waals surface area contributed by atoms with Gasteiger partial charge in [0.15, 0.2) is 5.78 Å². The van der Waals surface area contributed by atoms with E-state index in [2.05, 4.69) is 36.4 Å². The molecule has 0 N–H and O–H groups in total. The second-order valence-electron chi connectivity index (χ2n) is 7.80. The summed E-state index contributed by atoms with van der Waals surface area (Å²) in [6.07, 6.45) is 6.66. The first kappa shape index (κ1) is 18.9. The second kappa shape index (κ2) is 7.03. The Morgan fingerprint density at radius 2 is 1.63 bits per heavy atom. The average Bonchev–Trinajstić information content (AvgIpc) is 2.77.